The lowest BCUT2D eigenvalue weighted by Crippen LogP contribution is -2.26. The van der Waals surface area contributed by atoms with Crippen LogP contribution >= 0.6 is 15.9 Å². The third kappa shape index (κ3) is 3.57. The first-order valence-electron chi connectivity index (χ1n) is 6.01. The van der Waals surface area contributed by atoms with Crippen LogP contribution in [0, 0.1) is 5.82 Å². The van der Waals surface area contributed by atoms with Crippen LogP contribution < -0.4 is 5.73 Å². The number of rotatable bonds is 3. The standard InChI is InChI=1S/C15H14BrFN2O/c1-19(9-10-3-2-4-12(16)5-10)15(20)11-6-13(17)8-14(18)7-11/h2-8H,9,18H2,1H3. The number of anilines is 1. The molecule has 5 heteroatoms. The average Bonchev–Trinajstić information content (AvgIpc) is 2.36. The first kappa shape index (κ1) is 14.5. The maximum Gasteiger partial charge on any atom is 0.254 e. The second kappa shape index (κ2) is 6.05. The predicted molar refractivity (Wildman–Crippen MR) is 80.8 cm³/mol. The first-order valence-corrected chi connectivity index (χ1v) is 6.81. The van der Waals surface area contributed by atoms with Gasteiger partial charge in [0.15, 0.2) is 0 Å². The molecule has 0 unspecified atom stereocenters. The van der Waals surface area contributed by atoms with Gasteiger partial charge in [0.2, 0.25) is 0 Å². The Morgan fingerprint density at radius 2 is 2.05 bits per heavy atom. The third-order valence-electron chi connectivity index (χ3n) is 2.82. The van der Waals surface area contributed by atoms with Crippen LogP contribution in [-0.2, 0) is 6.54 Å². The molecule has 0 spiro atoms. The molecule has 0 saturated heterocycles. The lowest BCUT2D eigenvalue weighted by atomic mass is 10.1. The zero-order chi connectivity index (χ0) is 14.7. The maximum absolute atomic E-state index is 13.3. The minimum absolute atomic E-state index is 0.240. The highest BCUT2D eigenvalue weighted by Gasteiger charge is 2.13. The van der Waals surface area contributed by atoms with E-state index in [0.29, 0.717) is 6.54 Å². The Hall–Kier alpha value is -1.88. The highest BCUT2D eigenvalue weighted by Crippen LogP contribution is 2.16. The predicted octanol–water partition coefficient (Wildman–Crippen LogP) is 3.44. The van der Waals surface area contributed by atoms with Crippen LogP contribution in [0.25, 0.3) is 0 Å². The molecule has 20 heavy (non-hydrogen) atoms. The lowest BCUT2D eigenvalue weighted by molar-refractivity contribution is 0.0784. The van der Waals surface area contributed by atoms with E-state index >= 15 is 0 Å². The van der Waals surface area contributed by atoms with Crippen molar-refractivity contribution in [2.45, 2.75) is 6.54 Å². The summed E-state index contributed by atoms with van der Waals surface area (Å²) in [5.41, 5.74) is 7.03. The monoisotopic (exact) mass is 336 g/mol. The first-order chi connectivity index (χ1) is 9.45. The molecule has 104 valence electrons. The van der Waals surface area contributed by atoms with E-state index in [1.807, 2.05) is 24.3 Å². The van der Waals surface area contributed by atoms with Crippen molar-refractivity contribution in [3.8, 4) is 0 Å². The molecule has 0 aromatic heterocycles. The van der Waals surface area contributed by atoms with Gasteiger partial charge in [-0.2, -0.15) is 0 Å². The molecule has 0 atom stereocenters. The van der Waals surface area contributed by atoms with Gasteiger partial charge in [0.1, 0.15) is 5.82 Å². The largest absolute Gasteiger partial charge is 0.399 e. The van der Waals surface area contributed by atoms with E-state index < -0.39 is 5.82 Å². The molecule has 0 saturated carbocycles. The van der Waals surface area contributed by atoms with E-state index in [-0.39, 0.29) is 17.2 Å². The average molecular weight is 337 g/mol. The Balaban J connectivity index is 2.16. The fourth-order valence-corrected chi connectivity index (χ4v) is 2.38. The molecule has 1 amide bonds. The van der Waals surface area contributed by atoms with Crippen LogP contribution in [0.4, 0.5) is 10.1 Å². The topological polar surface area (TPSA) is 46.3 Å². The second-order valence-corrected chi connectivity index (χ2v) is 5.48. The zero-order valence-electron chi connectivity index (χ0n) is 10.9. The van der Waals surface area contributed by atoms with Gasteiger partial charge in [-0.05, 0) is 35.9 Å². The van der Waals surface area contributed by atoms with E-state index in [2.05, 4.69) is 15.9 Å². The summed E-state index contributed by atoms with van der Waals surface area (Å²) in [5.74, 6) is -0.777. The molecule has 0 fully saturated rings. The number of nitrogen functional groups attached to an aromatic ring is 1. The molecular weight excluding hydrogens is 323 g/mol. The van der Waals surface area contributed by atoms with Gasteiger partial charge in [0.25, 0.3) is 5.91 Å². The van der Waals surface area contributed by atoms with Crippen molar-refractivity contribution < 1.29 is 9.18 Å². The summed E-state index contributed by atoms with van der Waals surface area (Å²) in [4.78, 5) is 13.8. The van der Waals surface area contributed by atoms with Crippen LogP contribution in [0.1, 0.15) is 15.9 Å². The molecule has 0 aliphatic heterocycles. The number of carbonyl (C=O) groups excluding carboxylic acids is 1. The number of amides is 1. The molecule has 0 aliphatic rings. The summed E-state index contributed by atoms with van der Waals surface area (Å²) in [5, 5.41) is 0. The summed E-state index contributed by atoms with van der Waals surface area (Å²) in [6.45, 7) is 0.439. The number of hydrogen-bond donors (Lipinski definition) is 1. The van der Waals surface area contributed by atoms with Gasteiger partial charge in [0, 0.05) is 29.3 Å². The van der Waals surface area contributed by atoms with Gasteiger partial charge in [-0.15, -0.1) is 0 Å². The van der Waals surface area contributed by atoms with Gasteiger partial charge in [-0.25, -0.2) is 4.39 Å². The van der Waals surface area contributed by atoms with Crippen LogP contribution in [0.3, 0.4) is 0 Å². The van der Waals surface area contributed by atoms with Gasteiger partial charge in [-0.1, -0.05) is 28.1 Å². The van der Waals surface area contributed by atoms with Gasteiger partial charge >= 0.3 is 0 Å². The Bertz CT molecular complexity index is 625. The second-order valence-electron chi connectivity index (χ2n) is 4.56. The van der Waals surface area contributed by atoms with Crippen molar-refractivity contribution in [1.29, 1.82) is 0 Å². The summed E-state index contributed by atoms with van der Waals surface area (Å²) >= 11 is 3.38. The number of halogens is 2. The molecule has 0 bridgehead atoms. The molecule has 0 radical (unpaired) electrons. The van der Waals surface area contributed by atoms with E-state index in [9.17, 15) is 9.18 Å². The van der Waals surface area contributed by atoms with Gasteiger partial charge in [0.05, 0.1) is 0 Å². The Morgan fingerprint density at radius 1 is 1.30 bits per heavy atom. The van der Waals surface area contributed by atoms with Crippen LogP contribution in [0.5, 0.6) is 0 Å². The molecule has 2 N–H and O–H groups in total. The zero-order valence-corrected chi connectivity index (χ0v) is 12.5. The summed E-state index contributed by atoms with van der Waals surface area (Å²) in [7, 11) is 1.67. The molecule has 3 nitrogen and oxygen atoms in total. The number of benzene rings is 2. The minimum atomic E-state index is -0.510. The summed E-state index contributed by atoms with van der Waals surface area (Å²) < 4.78 is 14.2. The highest BCUT2D eigenvalue weighted by molar-refractivity contribution is 9.10. The third-order valence-corrected chi connectivity index (χ3v) is 3.32. The van der Waals surface area contributed by atoms with E-state index in [0.717, 1.165) is 10.0 Å². The normalized spacial score (nSPS) is 10.3. The van der Waals surface area contributed by atoms with Crippen molar-refractivity contribution in [1.82, 2.24) is 4.90 Å². The van der Waals surface area contributed by atoms with Crippen molar-refractivity contribution in [3.63, 3.8) is 0 Å². The number of nitrogens with zero attached hydrogens (tertiary/aromatic N) is 1. The van der Waals surface area contributed by atoms with E-state index in [1.165, 1.54) is 23.1 Å². The van der Waals surface area contributed by atoms with Crippen molar-refractivity contribution in [2.24, 2.45) is 0 Å². The van der Waals surface area contributed by atoms with Crippen molar-refractivity contribution in [2.75, 3.05) is 12.8 Å². The van der Waals surface area contributed by atoms with Crippen molar-refractivity contribution in [3.05, 3.63) is 63.9 Å². The molecule has 2 aromatic rings. The fraction of sp³-hybridized carbons (Fsp3) is 0.133. The van der Waals surface area contributed by atoms with Crippen LogP contribution in [-0.4, -0.2) is 17.9 Å². The van der Waals surface area contributed by atoms with Gasteiger partial charge in [-0.3, -0.25) is 4.79 Å². The van der Waals surface area contributed by atoms with Crippen LogP contribution in [0.2, 0.25) is 0 Å². The fourth-order valence-electron chi connectivity index (χ4n) is 1.94. The van der Waals surface area contributed by atoms with Crippen molar-refractivity contribution >= 4 is 27.5 Å². The highest BCUT2D eigenvalue weighted by atomic mass is 79.9. The molecule has 2 rings (SSSR count). The summed E-state index contributed by atoms with van der Waals surface area (Å²) in [6.07, 6.45) is 0. The van der Waals surface area contributed by atoms with E-state index in [1.54, 1.807) is 7.05 Å². The Kier molecular flexibility index (Phi) is 4.39. The smallest absolute Gasteiger partial charge is 0.254 e. The SMILES string of the molecule is CN(Cc1cccc(Br)c1)C(=O)c1cc(N)cc(F)c1. The van der Waals surface area contributed by atoms with E-state index in [4.69, 9.17) is 5.73 Å². The number of hydrogen-bond acceptors (Lipinski definition) is 2. The Morgan fingerprint density at radius 3 is 2.70 bits per heavy atom. The minimum Gasteiger partial charge on any atom is -0.399 e. The number of nitrogens with two attached hydrogens (primary N) is 1. The Labute approximate surface area is 125 Å². The van der Waals surface area contributed by atoms with Gasteiger partial charge < -0.3 is 10.6 Å². The molecule has 0 aliphatic carbocycles. The summed E-state index contributed by atoms with van der Waals surface area (Å²) in [6, 6.07) is 11.5. The molecular formula is C15H14BrFN2O. The lowest BCUT2D eigenvalue weighted by Gasteiger charge is -2.18. The molecule has 2 aromatic carbocycles. The quantitative estimate of drug-likeness (QED) is 0.872. The number of carbonyl (C=O) groups is 1. The molecule has 0 heterocycles. The maximum atomic E-state index is 13.3. The van der Waals surface area contributed by atoms with Crippen LogP contribution in [0.15, 0.2) is 46.9 Å².